The monoisotopic (exact) mass is 250 g/mol. The number of hydrogen-bond donors (Lipinski definition) is 1. The van der Waals surface area contributed by atoms with Crippen molar-refractivity contribution in [3.63, 3.8) is 0 Å². The molecule has 1 fully saturated rings. The molecule has 2 rings (SSSR count). The third-order valence-electron chi connectivity index (χ3n) is 4.14. The molecule has 2 atom stereocenters. The average molecular weight is 250 g/mol. The SMILES string of the molecule is CCN(CC1CCCCN1)C(=O)CC1C=CCC1. The molecular formula is C15H26N2O. The van der Waals surface area contributed by atoms with E-state index in [4.69, 9.17) is 0 Å². The van der Waals surface area contributed by atoms with Crippen LogP contribution in [-0.2, 0) is 4.79 Å². The zero-order chi connectivity index (χ0) is 12.8. The van der Waals surface area contributed by atoms with Crippen molar-refractivity contribution in [1.82, 2.24) is 10.2 Å². The van der Waals surface area contributed by atoms with Gasteiger partial charge in [-0.05, 0) is 45.1 Å². The summed E-state index contributed by atoms with van der Waals surface area (Å²) in [5.41, 5.74) is 0. The highest BCUT2D eigenvalue weighted by atomic mass is 16.2. The molecule has 0 spiro atoms. The van der Waals surface area contributed by atoms with Crippen LogP contribution in [0.15, 0.2) is 12.2 Å². The Morgan fingerprint density at radius 2 is 2.28 bits per heavy atom. The second-order valence-electron chi connectivity index (χ2n) is 5.55. The van der Waals surface area contributed by atoms with Crippen molar-refractivity contribution in [2.45, 2.75) is 51.5 Å². The molecule has 3 heteroatoms. The lowest BCUT2D eigenvalue weighted by molar-refractivity contribution is -0.132. The van der Waals surface area contributed by atoms with Gasteiger partial charge in [0.05, 0.1) is 0 Å². The number of carbonyl (C=O) groups is 1. The number of allylic oxidation sites excluding steroid dienone is 2. The summed E-state index contributed by atoms with van der Waals surface area (Å²) in [4.78, 5) is 14.3. The van der Waals surface area contributed by atoms with Crippen molar-refractivity contribution in [3.8, 4) is 0 Å². The van der Waals surface area contributed by atoms with Crippen LogP contribution < -0.4 is 5.32 Å². The Labute approximate surface area is 111 Å². The normalized spacial score (nSPS) is 27.4. The fraction of sp³-hybridized carbons (Fsp3) is 0.800. The van der Waals surface area contributed by atoms with Gasteiger partial charge in [0, 0.05) is 25.6 Å². The van der Waals surface area contributed by atoms with Gasteiger partial charge in [-0.2, -0.15) is 0 Å². The van der Waals surface area contributed by atoms with Crippen LogP contribution in [0.4, 0.5) is 0 Å². The number of nitrogens with one attached hydrogen (secondary N) is 1. The van der Waals surface area contributed by atoms with E-state index in [-0.39, 0.29) is 0 Å². The van der Waals surface area contributed by atoms with E-state index in [0.717, 1.165) is 32.5 Å². The third kappa shape index (κ3) is 3.84. The first kappa shape index (κ1) is 13.6. The Bertz CT molecular complexity index is 295. The van der Waals surface area contributed by atoms with Gasteiger partial charge in [-0.3, -0.25) is 4.79 Å². The average Bonchev–Trinajstić information content (AvgIpc) is 2.90. The van der Waals surface area contributed by atoms with Crippen LogP contribution in [0.2, 0.25) is 0 Å². The first-order chi connectivity index (χ1) is 8.79. The fourth-order valence-electron chi connectivity index (χ4n) is 2.97. The van der Waals surface area contributed by atoms with Crippen LogP contribution in [0.1, 0.15) is 45.4 Å². The van der Waals surface area contributed by atoms with Gasteiger partial charge in [0.1, 0.15) is 0 Å². The molecule has 0 bridgehead atoms. The van der Waals surface area contributed by atoms with Crippen LogP contribution in [-0.4, -0.2) is 36.5 Å². The first-order valence-corrected chi connectivity index (χ1v) is 7.47. The van der Waals surface area contributed by atoms with E-state index in [9.17, 15) is 4.79 Å². The summed E-state index contributed by atoms with van der Waals surface area (Å²) in [6.45, 7) is 4.94. The molecule has 0 radical (unpaired) electrons. The number of rotatable bonds is 5. The van der Waals surface area contributed by atoms with Gasteiger partial charge in [-0.1, -0.05) is 18.6 Å². The number of likely N-dealkylation sites (N-methyl/N-ethyl adjacent to an activating group) is 1. The predicted octanol–water partition coefficient (Wildman–Crippen LogP) is 2.33. The smallest absolute Gasteiger partial charge is 0.223 e. The molecule has 1 N–H and O–H groups in total. The number of carbonyl (C=O) groups excluding carboxylic acids is 1. The maximum Gasteiger partial charge on any atom is 0.223 e. The van der Waals surface area contributed by atoms with Crippen molar-refractivity contribution in [2.24, 2.45) is 5.92 Å². The van der Waals surface area contributed by atoms with E-state index in [1.807, 2.05) is 4.90 Å². The lowest BCUT2D eigenvalue weighted by atomic mass is 10.0. The topological polar surface area (TPSA) is 32.3 Å². The zero-order valence-corrected chi connectivity index (χ0v) is 11.5. The summed E-state index contributed by atoms with van der Waals surface area (Å²) < 4.78 is 0. The molecule has 0 aromatic carbocycles. The number of nitrogens with zero attached hydrogens (tertiary/aromatic N) is 1. The van der Waals surface area contributed by atoms with Crippen LogP contribution >= 0.6 is 0 Å². The Kier molecular flexibility index (Phi) is 5.24. The van der Waals surface area contributed by atoms with Crippen LogP contribution in [0.3, 0.4) is 0 Å². The molecule has 102 valence electrons. The minimum absolute atomic E-state index is 0.335. The Hall–Kier alpha value is -0.830. The molecule has 2 unspecified atom stereocenters. The summed E-state index contributed by atoms with van der Waals surface area (Å²) in [5, 5.41) is 3.52. The van der Waals surface area contributed by atoms with E-state index >= 15 is 0 Å². The summed E-state index contributed by atoms with van der Waals surface area (Å²) >= 11 is 0. The van der Waals surface area contributed by atoms with Crippen LogP contribution in [0, 0.1) is 5.92 Å². The molecule has 0 aromatic rings. The first-order valence-electron chi connectivity index (χ1n) is 7.47. The van der Waals surface area contributed by atoms with Gasteiger partial charge < -0.3 is 10.2 Å². The molecule has 1 aliphatic carbocycles. The zero-order valence-electron chi connectivity index (χ0n) is 11.5. The third-order valence-corrected chi connectivity index (χ3v) is 4.14. The molecule has 0 saturated carbocycles. The molecule has 0 aromatic heterocycles. The van der Waals surface area contributed by atoms with E-state index in [1.165, 1.54) is 19.3 Å². The predicted molar refractivity (Wildman–Crippen MR) is 74.4 cm³/mol. The number of piperidine rings is 1. The van der Waals surface area contributed by atoms with Gasteiger partial charge in [-0.25, -0.2) is 0 Å². The minimum atomic E-state index is 0.335. The summed E-state index contributed by atoms with van der Waals surface area (Å²) in [6, 6.07) is 0.516. The van der Waals surface area contributed by atoms with E-state index in [1.54, 1.807) is 0 Å². The Balaban J connectivity index is 1.78. The molecule has 1 saturated heterocycles. The molecule has 1 amide bonds. The van der Waals surface area contributed by atoms with Crippen molar-refractivity contribution in [3.05, 3.63) is 12.2 Å². The molecule has 1 heterocycles. The highest BCUT2D eigenvalue weighted by Gasteiger charge is 2.21. The summed E-state index contributed by atoms with van der Waals surface area (Å²) in [6.07, 6.45) is 11.2. The fourth-order valence-corrected chi connectivity index (χ4v) is 2.97. The van der Waals surface area contributed by atoms with E-state index in [0.29, 0.717) is 24.3 Å². The second kappa shape index (κ2) is 6.93. The molecule has 2 aliphatic rings. The van der Waals surface area contributed by atoms with E-state index in [2.05, 4.69) is 24.4 Å². The van der Waals surface area contributed by atoms with Gasteiger partial charge in [0.2, 0.25) is 5.91 Å². The van der Waals surface area contributed by atoms with Crippen LogP contribution in [0.5, 0.6) is 0 Å². The number of amides is 1. The molecular weight excluding hydrogens is 224 g/mol. The number of hydrogen-bond acceptors (Lipinski definition) is 2. The minimum Gasteiger partial charge on any atom is -0.341 e. The largest absolute Gasteiger partial charge is 0.341 e. The van der Waals surface area contributed by atoms with Crippen molar-refractivity contribution >= 4 is 5.91 Å². The highest BCUT2D eigenvalue weighted by Crippen LogP contribution is 2.21. The molecule has 1 aliphatic heterocycles. The lowest BCUT2D eigenvalue weighted by Gasteiger charge is -2.30. The van der Waals surface area contributed by atoms with Gasteiger partial charge in [-0.15, -0.1) is 0 Å². The van der Waals surface area contributed by atoms with Gasteiger partial charge >= 0.3 is 0 Å². The Morgan fingerprint density at radius 1 is 1.39 bits per heavy atom. The maximum absolute atomic E-state index is 12.3. The lowest BCUT2D eigenvalue weighted by Crippen LogP contribution is -2.45. The summed E-state index contributed by atoms with van der Waals surface area (Å²) in [7, 11) is 0. The van der Waals surface area contributed by atoms with Crippen molar-refractivity contribution < 1.29 is 4.79 Å². The standard InChI is InChI=1S/C15H26N2O/c1-2-17(12-14-9-5-6-10-16-14)15(18)11-13-7-3-4-8-13/h3,7,13-14,16H,2,4-6,8-12H2,1H3. The maximum atomic E-state index is 12.3. The van der Waals surface area contributed by atoms with Crippen molar-refractivity contribution in [1.29, 1.82) is 0 Å². The van der Waals surface area contributed by atoms with Gasteiger partial charge in [0.25, 0.3) is 0 Å². The van der Waals surface area contributed by atoms with Crippen LogP contribution in [0.25, 0.3) is 0 Å². The highest BCUT2D eigenvalue weighted by molar-refractivity contribution is 5.76. The molecule has 18 heavy (non-hydrogen) atoms. The van der Waals surface area contributed by atoms with Gasteiger partial charge in [0.15, 0.2) is 0 Å². The van der Waals surface area contributed by atoms with E-state index < -0.39 is 0 Å². The quantitative estimate of drug-likeness (QED) is 0.760. The summed E-state index contributed by atoms with van der Waals surface area (Å²) in [5.74, 6) is 0.826. The Morgan fingerprint density at radius 3 is 2.89 bits per heavy atom. The molecule has 3 nitrogen and oxygen atoms in total. The van der Waals surface area contributed by atoms with Crippen molar-refractivity contribution in [2.75, 3.05) is 19.6 Å². The second-order valence-corrected chi connectivity index (χ2v) is 5.55.